The molecule has 3 aliphatic rings. The predicted molar refractivity (Wildman–Crippen MR) is 114 cm³/mol. The Morgan fingerprint density at radius 2 is 1.93 bits per heavy atom. The molecule has 0 radical (unpaired) electrons. The minimum absolute atomic E-state index is 0.00794. The molecule has 0 spiro atoms. The van der Waals surface area contributed by atoms with Crippen molar-refractivity contribution < 1.29 is 23.0 Å². The van der Waals surface area contributed by atoms with Crippen LogP contribution in [0.2, 0.25) is 0 Å². The standard InChI is InChI=1S/C23H30F2O3S/c1-16-11-17(18-12-23(24,25)13-18)14-29(16)15-22(28-19-7-9-27-10-8-19)20-5-3-4-6-21(20)26-2/h3-6,11,14,18-19,22,29H,7-10,12-13,15H2,1-2H3. The number of para-hydroxylation sites is 1. The van der Waals surface area contributed by atoms with Crippen LogP contribution in [0.4, 0.5) is 8.78 Å². The Kier molecular flexibility index (Phi) is 6.32. The number of hydrogen-bond acceptors (Lipinski definition) is 3. The highest BCUT2D eigenvalue weighted by Crippen LogP contribution is 2.54. The Hall–Kier alpha value is -1.37. The molecule has 29 heavy (non-hydrogen) atoms. The first-order valence-corrected chi connectivity index (χ1v) is 12.0. The van der Waals surface area contributed by atoms with Gasteiger partial charge in [0.15, 0.2) is 0 Å². The number of hydrogen-bond donors (Lipinski definition) is 1. The van der Waals surface area contributed by atoms with Crippen LogP contribution < -0.4 is 4.74 Å². The summed E-state index contributed by atoms with van der Waals surface area (Å²) in [5.74, 6) is -0.788. The Morgan fingerprint density at radius 1 is 1.21 bits per heavy atom. The number of benzene rings is 1. The Bertz CT molecular complexity index is 778. The summed E-state index contributed by atoms with van der Waals surface area (Å²) in [5, 5.41) is 2.25. The zero-order chi connectivity index (χ0) is 20.4. The number of ether oxygens (including phenoxy) is 3. The number of thiol groups is 1. The maximum absolute atomic E-state index is 13.3. The third-order valence-corrected chi connectivity index (χ3v) is 8.44. The van der Waals surface area contributed by atoms with Crippen molar-refractivity contribution in [3.63, 3.8) is 0 Å². The molecule has 1 saturated carbocycles. The van der Waals surface area contributed by atoms with E-state index >= 15 is 0 Å². The number of allylic oxidation sites excluding steroid dienone is 3. The smallest absolute Gasteiger partial charge is 0.249 e. The number of alkyl halides is 2. The van der Waals surface area contributed by atoms with Crippen LogP contribution in [0.1, 0.15) is 44.3 Å². The summed E-state index contributed by atoms with van der Waals surface area (Å²) in [4.78, 5) is 1.29. The van der Waals surface area contributed by atoms with E-state index in [2.05, 4.69) is 24.5 Å². The molecule has 3 nitrogen and oxygen atoms in total. The second kappa shape index (κ2) is 8.78. The zero-order valence-electron chi connectivity index (χ0n) is 17.1. The van der Waals surface area contributed by atoms with E-state index in [4.69, 9.17) is 14.2 Å². The van der Waals surface area contributed by atoms with Crippen LogP contribution in [-0.2, 0) is 9.47 Å². The van der Waals surface area contributed by atoms with Gasteiger partial charge in [-0.2, -0.15) is 0 Å². The number of halogens is 2. The molecule has 2 atom stereocenters. The van der Waals surface area contributed by atoms with Crippen molar-refractivity contribution in [2.45, 2.75) is 50.7 Å². The van der Waals surface area contributed by atoms with E-state index in [0.717, 1.165) is 48.7 Å². The zero-order valence-corrected chi connectivity index (χ0v) is 18.0. The van der Waals surface area contributed by atoms with Gasteiger partial charge in [0.2, 0.25) is 5.92 Å². The van der Waals surface area contributed by atoms with Gasteiger partial charge in [-0.05, 0) is 47.6 Å². The van der Waals surface area contributed by atoms with Crippen molar-refractivity contribution in [3.05, 3.63) is 51.8 Å². The lowest BCUT2D eigenvalue weighted by Crippen LogP contribution is -2.35. The molecule has 6 heteroatoms. The molecule has 2 unspecified atom stereocenters. The van der Waals surface area contributed by atoms with Gasteiger partial charge < -0.3 is 14.2 Å². The number of methoxy groups -OCH3 is 1. The second-order valence-corrected chi connectivity index (χ2v) is 10.5. The van der Waals surface area contributed by atoms with E-state index in [-0.39, 0.29) is 31.0 Å². The lowest BCUT2D eigenvalue weighted by molar-refractivity contribution is -0.0983. The van der Waals surface area contributed by atoms with Crippen LogP contribution in [0.25, 0.3) is 0 Å². The maximum atomic E-state index is 13.3. The predicted octanol–water partition coefficient (Wildman–Crippen LogP) is 5.78. The van der Waals surface area contributed by atoms with Crippen molar-refractivity contribution >= 4 is 10.9 Å². The minimum Gasteiger partial charge on any atom is -0.496 e. The lowest BCUT2D eigenvalue weighted by atomic mass is 9.77. The van der Waals surface area contributed by atoms with Crippen LogP contribution in [-0.4, -0.2) is 38.1 Å². The molecule has 0 bridgehead atoms. The van der Waals surface area contributed by atoms with E-state index in [1.54, 1.807) is 7.11 Å². The average molecular weight is 425 g/mol. The summed E-state index contributed by atoms with van der Waals surface area (Å²) in [5.41, 5.74) is 2.16. The van der Waals surface area contributed by atoms with Gasteiger partial charge in [-0.3, -0.25) is 0 Å². The first kappa shape index (κ1) is 20.9. The van der Waals surface area contributed by atoms with Crippen LogP contribution in [0, 0.1) is 5.92 Å². The monoisotopic (exact) mass is 424 g/mol. The Morgan fingerprint density at radius 3 is 2.62 bits per heavy atom. The number of rotatable bonds is 7. The van der Waals surface area contributed by atoms with Gasteiger partial charge in [-0.25, -0.2) is 19.7 Å². The molecule has 0 aromatic heterocycles. The summed E-state index contributed by atoms with van der Waals surface area (Å²) in [7, 11) is 1.14. The Balaban J connectivity index is 1.52. The maximum Gasteiger partial charge on any atom is 0.249 e. The fourth-order valence-corrected chi connectivity index (χ4v) is 6.53. The van der Waals surface area contributed by atoms with E-state index in [1.165, 1.54) is 4.91 Å². The van der Waals surface area contributed by atoms with Crippen molar-refractivity contribution in [1.82, 2.24) is 0 Å². The SMILES string of the molecule is COc1ccccc1C(C[SH]1C=C(C2CC(F)(F)C2)C=C1C)OC1CCOCC1. The normalized spacial score (nSPS) is 27.1. The highest BCUT2D eigenvalue weighted by Gasteiger charge is 2.47. The third kappa shape index (κ3) is 4.86. The first-order chi connectivity index (χ1) is 13.9. The van der Waals surface area contributed by atoms with Crippen molar-refractivity contribution in [2.24, 2.45) is 5.92 Å². The van der Waals surface area contributed by atoms with Crippen LogP contribution in [0.5, 0.6) is 5.75 Å². The summed E-state index contributed by atoms with van der Waals surface area (Å²) < 4.78 is 44.3. The largest absolute Gasteiger partial charge is 0.496 e. The summed E-state index contributed by atoms with van der Waals surface area (Å²) >= 11 is 0. The van der Waals surface area contributed by atoms with Crippen molar-refractivity contribution in [1.29, 1.82) is 0 Å². The summed E-state index contributed by atoms with van der Waals surface area (Å²) in [6.07, 6.45) is 4.00. The van der Waals surface area contributed by atoms with Crippen LogP contribution >= 0.6 is 10.9 Å². The fraction of sp³-hybridized carbons (Fsp3) is 0.565. The highest BCUT2D eigenvalue weighted by molar-refractivity contribution is 8.23. The van der Waals surface area contributed by atoms with Gasteiger partial charge in [0.1, 0.15) is 5.75 Å². The molecular weight excluding hydrogens is 394 g/mol. The molecular formula is C23H30F2O3S. The molecule has 2 fully saturated rings. The van der Waals surface area contributed by atoms with E-state index in [9.17, 15) is 8.78 Å². The van der Waals surface area contributed by atoms with E-state index < -0.39 is 16.8 Å². The Labute approximate surface area is 174 Å². The molecule has 0 N–H and O–H groups in total. The molecule has 0 amide bonds. The minimum atomic E-state index is -2.48. The van der Waals surface area contributed by atoms with Gasteiger partial charge in [-0.15, -0.1) is 0 Å². The second-order valence-electron chi connectivity index (χ2n) is 8.21. The quantitative estimate of drug-likeness (QED) is 0.562. The third-order valence-electron chi connectivity index (χ3n) is 6.07. The molecule has 1 aromatic carbocycles. The highest BCUT2D eigenvalue weighted by atomic mass is 32.2. The summed E-state index contributed by atoms with van der Waals surface area (Å²) in [6, 6.07) is 8.03. The molecule has 1 saturated heterocycles. The fourth-order valence-electron chi connectivity index (χ4n) is 4.33. The van der Waals surface area contributed by atoms with Crippen molar-refractivity contribution in [3.8, 4) is 5.75 Å². The molecule has 1 aromatic rings. The van der Waals surface area contributed by atoms with Gasteiger partial charge in [0, 0.05) is 37.4 Å². The van der Waals surface area contributed by atoms with Gasteiger partial charge in [0.05, 0.1) is 19.3 Å². The van der Waals surface area contributed by atoms with Gasteiger partial charge in [0.25, 0.3) is 0 Å². The molecule has 4 rings (SSSR count). The van der Waals surface area contributed by atoms with Gasteiger partial charge >= 0.3 is 0 Å². The van der Waals surface area contributed by atoms with Crippen LogP contribution in [0.3, 0.4) is 0 Å². The first-order valence-electron chi connectivity index (χ1n) is 10.4. The summed E-state index contributed by atoms with van der Waals surface area (Å²) in [6.45, 7) is 3.59. The van der Waals surface area contributed by atoms with Gasteiger partial charge in [-0.1, -0.05) is 24.3 Å². The van der Waals surface area contributed by atoms with Crippen LogP contribution in [0.15, 0.2) is 46.2 Å². The topological polar surface area (TPSA) is 27.7 Å². The van der Waals surface area contributed by atoms with E-state index in [0.29, 0.717) is 0 Å². The van der Waals surface area contributed by atoms with E-state index in [1.807, 2.05) is 18.2 Å². The average Bonchev–Trinajstić information content (AvgIpc) is 3.06. The van der Waals surface area contributed by atoms with Crippen molar-refractivity contribution in [2.75, 3.05) is 26.1 Å². The molecule has 2 aliphatic heterocycles. The molecule has 1 aliphatic carbocycles. The molecule has 160 valence electrons. The molecule has 2 heterocycles. The lowest BCUT2D eigenvalue weighted by Gasteiger charge is -2.35.